The fourth-order valence-corrected chi connectivity index (χ4v) is 1.26. The van der Waals surface area contributed by atoms with Gasteiger partial charge in [0.15, 0.2) is 0 Å². The molecule has 0 saturated carbocycles. The lowest BCUT2D eigenvalue weighted by Gasteiger charge is -1.93. The topological polar surface area (TPSA) is 95.2 Å². The summed E-state index contributed by atoms with van der Waals surface area (Å²) in [4.78, 5) is 13.9. The average molecular weight is 231 g/mol. The Bertz CT molecular complexity index is 575. The highest BCUT2D eigenvalue weighted by atomic mass is 16.6. The molecule has 0 aliphatic heterocycles. The molecular weight excluding hydrogens is 222 g/mol. The van der Waals surface area contributed by atoms with Crippen LogP contribution in [0.15, 0.2) is 34.7 Å². The monoisotopic (exact) mass is 231 g/mol. The minimum atomic E-state index is -0.587. The summed E-state index contributed by atoms with van der Waals surface area (Å²) < 4.78 is 4.95. The SMILES string of the molecule is Nc1cccc(C=Cc2ccc([N+](=O)[O-])o2)n1. The van der Waals surface area contributed by atoms with Gasteiger partial charge in [0.1, 0.15) is 16.5 Å². The van der Waals surface area contributed by atoms with Gasteiger partial charge in [0.2, 0.25) is 0 Å². The molecule has 0 saturated heterocycles. The van der Waals surface area contributed by atoms with E-state index in [0.717, 1.165) is 0 Å². The number of anilines is 1. The Balaban J connectivity index is 2.17. The van der Waals surface area contributed by atoms with Gasteiger partial charge >= 0.3 is 5.88 Å². The van der Waals surface area contributed by atoms with Crippen LogP contribution < -0.4 is 5.73 Å². The zero-order chi connectivity index (χ0) is 12.3. The fourth-order valence-electron chi connectivity index (χ4n) is 1.26. The van der Waals surface area contributed by atoms with Crippen LogP contribution >= 0.6 is 0 Å². The van der Waals surface area contributed by atoms with Crippen molar-refractivity contribution in [3.63, 3.8) is 0 Å². The zero-order valence-electron chi connectivity index (χ0n) is 8.74. The van der Waals surface area contributed by atoms with Gasteiger partial charge in [-0.05, 0) is 30.4 Å². The first-order valence-electron chi connectivity index (χ1n) is 4.80. The third-order valence-corrected chi connectivity index (χ3v) is 2.00. The summed E-state index contributed by atoms with van der Waals surface area (Å²) in [6.07, 6.45) is 3.26. The van der Waals surface area contributed by atoms with Crippen LogP contribution in [0.1, 0.15) is 11.5 Å². The largest absolute Gasteiger partial charge is 0.433 e. The first kappa shape index (κ1) is 10.9. The van der Waals surface area contributed by atoms with Crippen LogP contribution in [-0.2, 0) is 0 Å². The van der Waals surface area contributed by atoms with E-state index in [1.54, 1.807) is 30.4 Å². The van der Waals surface area contributed by atoms with E-state index in [9.17, 15) is 10.1 Å². The smallest absolute Gasteiger partial charge is 0.401 e. The first-order chi connectivity index (χ1) is 8.15. The van der Waals surface area contributed by atoms with Crippen LogP contribution in [0.4, 0.5) is 11.7 Å². The fraction of sp³-hybridized carbons (Fsp3) is 0. The van der Waals surface area contributed by atoms with Crippen LogP contribution in [0.3, 0.4) is 0 Å². The molecule has 2 rings (SSSR count). The molecule has 0 aromatic carbocycles. The number of nitro groups is 1. The summed E-state index contributed by atoms with van der Waals surface area (Å²) >= 11 is 0. The Kier molecular flexibility index (Phi) is 2.87. The standard InChI is InChI=1S/C11H9N3O3/c12-10-3-1-2-8(13-10)4-5-9-6-7-11(17-9)14(15)16/h1-7H,(H2,12,13). The highest BCUT2D eigenvalue weighted by Gasteiger charge is 2.09. The van der Waals surface area contributed by atoms with Gasteiger partial charge in [0, 0.05) is 0 Å². The maximum atomic E-state index is 10.4. The number of hydrogen-bond donors (Lipinski definition) is 1. The molecule has 17 heavy (non-hydrogen) atoms. The predicted octanol–water partition coefficient (Wildman–Crippen LogP) is 2.34. The Morgan fingerprint density at radius 1 is 1.29 bits per heavy atom. The number of furan rings is 1. The van der Waals surface area contributed by atoms with Gasteiger partial charge in [-0.25, -0.2) is 4.98 Å². The maximum Gasteiger partial charge on any atom is 0.433 e. The second kappa shape index (κ2) is 4.48. The molecule has 0 aliphatic rings. The summed E-state index contributed by atoms with van der Waals surface area (Å²) in [5.74, 6) is 0.517. The minimum Gasteiger partial charge on any atom is -0.401 e. The van der Waals surface area contributed by atoms with Crippen molar-refractivity contribution in [2.45, 2.75) is 0 Å². The summed E-state index contributed by atoms with van der Waals surface area (Å²) in [7, 11) is 0. The van der Waals surface area contributed by atoms with E-state index in [2.05, 4.69) is 4.98 Å². The molecule has 6 nitrogen and oxygen atoms in total. The van der Waals surface area contributed by atoms with Crippen molar-refractivity contribution < 1.29 is 9.34 Å². The van der Waals surface area contributed by atoms with Crippen molar-refractivity contribution in [1.82, 2.24) is 4.98 Å². The second-order valence-corrected chi connectivity index (χ2v) is 3.25. The van der Waals surface area contributed by atoms with Crippen molar-refractivity contribution >= 4 is 23.9 Å². The third kappa shape index (κ3) is 2.69. The molecule has 0 amide bonds. The van der Waals surface area contributed by atoms with Crippen molar-refractivity contribution in [1.29, 1.82) is 0 Å². The normalized spacial score (nSPS) is 10.8. The van der Waals surface area contributed by atoms with Crippen molar-refractivity contribution in [2.75, 3.05) is 5.73 Å². The average Bonchev–Trinajstić information content (AvgIpc) is 2.75. The second-order valence-electron chi connectivity index (χ2n) is 3.25. The van der Waals surface area contributed by atoms with Crippen LogP contribution in [0.2, 0.25) is 0 Å². The molecule has 2 heterocycles. The Morgan fingerprint density at radius 3 is 2.76 bits per heavy atom. The molecule has 0 unspecified atom stereocenters. The van der Waals surface area contributed by atoms with E-state index in [1.807, 2.05) is 0 Å². The number of nitrogen functional groups attached to an aromatic ring is 1. The van der Waals surface area contributed by atoms with Crippen molar-refractivity contribution in [3.05, 3.63) is 51.9 Å². The van der Waals surface area contributed by atoms with Crippen molar-refractivity contribution in [3.8, 4) is 0 Å². The molecular formula is C11H9N3O3. The van der Waals surface area contributed by atoms with Gasteiger partial charge in [-0.15, -0.1) is 0 Å². The van der Waals surface area contributed by atoms with Gasteiger partial charge in [-0.3, -0.25) is 10.1 Å². The van der Waals surface area contributed by atoms with E-state index in [-0.39, 0.29) is 5.88 Å². The lowest BCUT2D eigenvalue weighted by Crippen LogP contribution is -1.89. The lowest BCUT2D eigenvalue weighted by molar-refractivity contribution is -0.402. The molecule has 0 aliphatic carbocycles. The van der Waals surface area contributed by atoms with E-state index >= 15 is 0 Å². The number of nitrogens with two attached hydrogens (primary N) is 1. The molecule has 0 fully saturated rings. The van der Waals surface area contributed by atoms with Gasteiger partial charge in [0.25, 0.3) is 0 Å². The quantitative estimate of drug-likeness (QED) is 0.646. The maximum absolute atomic E-state index is 10.4. The Hall–Kier alpha value is -2.63. The summed E-state index contributed by atoms with van der Waals surface area (Å²) in [5, 5.41) is 10.4. The lowest BCUT2D eigenvalue weighted by atomic mass is 10.3. The summed E-state index contributed by atoms with van der Waals surface area (Å²) in [6, 6.07) is 8.03. The van der Waals surface area contributed by atoms with Gasteiger partial charge in [0.05, 0.1) is 11.8 Å². The molecule has 2 aromatic rings. The predicted molar refractivity (Wildman–Crippen MR) is 62.9 cm³/mol. The van der Waals surface area contributed by atoms with E-state index in [4.69, 9.17) is 10.2 Å². The highest BCUT2D eigenvalue weighted by molar-refractivity contribution is 5.66. The number of hydrogen-bond acceptors (Lipinski definition) is 5. The number of pyridine rings is 1. The van der Waals surface area contributed by atoms with Gasteiger partial charge < -0.3 is 10.2 Å². The summed E-state index contributed by atoms with van der Waals surface area (Å²) in [5.41, 5.74) is 6.17. The Morgan fingerprint density at radius 2 is 2.12 bits per heavy atom. The molecule has 0 atom stereocenters. The van der Waals surface area contributed by atoms with E-state index in [1.165, 1.54) is 12.1 Å². The van der Waals surface area contributed by atoms with Crippen LogP contribution in [0, 0.1) is 10.1 Å². The Labute approximate surface area is 96.5 Å². The molecule has 0 spiro atoms. The minimum absolute atomic E-state index is 0.287. The zero-order valence-corrected chi connectivity index (χ0v) is 8.74. The van der Waals surface area contributed by atoms with Gasteiger partial charge in [-0.1, -0.05) is 6.07 Å². The molecule has 0 radical (unpaired) electrons. The third-order valence-electron chi connectivity index (χ3n) is 2.00. The highest BCUT2D eigenvalue weighted by Crippen LogP contribution is 2.17. The first-order valence-corrected chi connectivity index (χ1v) is 4.80. The van der Waals surface area contributed by atoms with Gasteiger partial charge in [-0.2, -0.15) is 0 Å². The number of rotatable bonds is 3. The molecule has 2 N–H and O–H groups in total. The van der Waals surface area contributed by atoms with E-state index in [0.29, 0.717) is 17.3 Å². The number of nitrogens with zero attached hydrogens (tertiary/aromatic N) is 2. The molecule has 6 heteroatoms. The van der Waals surface area contributed by atoms with Crippen molar-refractivity contribution in [2.24, 2.45) is 0 Å². The van der Waals surface area contributed by atoms with Crippen LogP contribution in [0.25, 0.3) is 12.2 Å². The number of aromatic nitrogens is 1. The molecule has 86 valence electrons. The molecule has 0 bridgehead atoms. The van der Waals surface area contributed by atoms with Crippen LogP contribution in [0.5, 0.6) is 0 Å². The molecule has 2 aromatic heterocycles. The van der Waals surface area contributed by atoms with E-state index < -0.39 is 4.92 Å². The summed E-state index contributed by atoms with van der Waals surface area (Å²) in [6.45, 7) is 0. The van der Waals surface area contributed by atoms with Crippen LogP contribution in [-0.4, -0.2) is 9.91 Å².